The molecule has 0 aliphatic heterocycles. The van der Waals surface area contributed by atoms with Gasteiger partial charge in [-0.3, -0.25) is 0 Å². The Hall–Kier alpha value is -0.650. The summed E-state index contributed by atoms with van der Waals surface area (Å²) in [6.07, 6.45) is 1.98. The van der Waals surface area contributed by atoms with Crippen molar-refractivity contribution in [2.45, 2.75) is 23.8 Å². The summed E-state index contributed by atoms with van der Waals surface area (Å²) in [7, 11) is 0. The molecule has 5 heteroatoms. The van der Waals surface area contributed by atoms with Crippen molar-refractivity contribution < 1.29 is 13.9 Å². The lowest BCUT2D eigenvalue weighted by Crippen LogP contribution is -2.37. The van der Waals surface area contributed by atoms with Gasteiger partial charge in [-0.15, -0.1) is 11.8 Å². The maximum Gasteiger partial charge on any atom is 0.282 e. The fraction of sp³-hybridized carbons (Fsp3) is 0.500. The van der Waals surface area contributed by atoms with Gasteiger partial charge in [0.15, 0.2) is 0 Å². The zero-order valence-electron chi connectivity index (χ0n) is 9.91. The van der Waals surface area contributed by atoms with Crippen molar-refractivity contribution in [1.82, 2.24) is 5.32 Å². The van der Waals surface area contributed by atoms with Gasteiger partial charge in [0.05, 0.1) is 6.54 Å². The van der Waals surface area contributed by atoms with Crippen molar-refractivity contribution in [1.29, 1.82) is 0 Å². The van der Waals surface area contributed by atoms with E-state index in [1.165, 1.54) is 0 Å². The number of hydrogen-bond acceptors (Lipinski definition) is 3. The molecule has 1 aromatic rings. The molecule has 0 bridgehead atoms. The van der Waals surface area contributed by atoms with Crippen molar-refractivity contribution in [3.05, 3.63) is 29.8 Å². The number of aliphatic hydroxyl groups is 1. The lowest BCUT2D eigenvalue weighted by atomic mass is 10.1. The third-order valence-corrected chi connectivity index (χ3v) is 3.26. The van der Waals surface area contributed by atoms with Gasteiger partial charge in [-0.2, -0.15) is 0 Å². The molecule has 1 unspecified atom stereocenters. The number of rotatable bonds is 6. The van der Waals surface area contributed by atoms with Gasteiger partial charge in [0.1, 0.15) is 6.61 Å². The summed E-state index contributed by atoms with van der Waals surface area (Å²) in [4.78, 5) is 1.14. The Morgan fingerprint density at radius 1 is 1.35 bits per heavy atom. The number of halogens is 2. The molecule has 1 aromatic carbocycles. The smallest absolute Gasteiger partial charge is 0.282 e. The van der Waals surface area contributed by atoms with E-state index >= 15 is 0 Å². The highest BCUT2D eigenvalue weighted by Crippen LogP contribution is 2.20. The molecule has 0 spiro atoms. The number of hydrogen-bond donors (Lipinski definition) is 2. The van der Waals surface area contributed by atoms with E-state index in [4.69, 9.17) is 5.11 Å². The molecule has 2 N–H and O–H groups in total. The van der Waals surface area contributed by atoms with Gasteiger partial charge in [-0.1, -0.05) is 12.1 Å². The van der Waals surface area contributed by atoms with Crippen LogP contribution in [0.4, 0.5) is 8.78 Å². The summed E-state index contributed by atoms with van der Waals surface area (Å²) in [5, 5.41) is 11.2. The van der Waals surface area contributed by atoms with Crippen molar-refractivity contribution in [2.24, 2.45) is 0 Å². The highest BCUT2D eigenvalue weighted by molar-refractivity contribution is 7.98. The van der Waals surface area contributed by atoms with Crippen LogP contribution in [0.2, 0.25) is 0 Å². The van der Waals surface area contributed by atoms with Crippen LogP contribution in [-0.2, 0) is 0 Å². The summed E-state index contributed by atoms with van der Waals surface area (Å²) >= 11 is 1.64. The highest BCUT2D eigenvalue weighted by atomic mass is 32.2. The predicted octanol–water partition coefficient (Wildman–Crippen LogP) is 2.69. The topological polar surface area (TPSA) is 32.3 Å². The van der Waals surface area contributed by atoms with Gasteiger partial charge in [-0.05, 0) is 30.9 Å². The number of nitrogens with one attached hydrogen (secondary N) is 1. The molecule has 0 saturated carbocycles. The van der Waals surface area contributed by atoms with Gasteiger partial charge in [0, 0.05) is 10.9 Å². The van der Waals surface area contributed by atoms with Crippen LogP contribution >= 0.6 is 11.8 Å². The van der Waals surface area contributed by atoms with E-state index in [1.807, 2.05) is 37.4 Å². The van der Waals surface area contributed by atoms with Gasteiger partial charge in [0.25, 0.3) is 5.92 Å². The molecule has 17 heavy (non-hydrogen) atoms. The summed E-state index contributed by atoms with van der Waals surface area (Å²) < 4.78 is 25.7. The van der Waals surface area contributed by atoms with E-state index < -0.39 is 19.1 Å². The molecule has 2 nitrogen and oxygen atoms in total. The van der Waals surface area contributed by atoms with Crippen molar-refractivity contribution in [2.75, 3.05) is 19.4 Å². The third-order valence-electron chi connectivity index (χ3n) is 2.51. The maximum absolute atomic E-state index is 12.8. The Bertz CT molecular complexity index is 343. The first-order valence-corrected chi connectivity index (χ1v) is 6.57. The summed E-state index contributed by atoms with van der Waals surface area (Å²) in [5.74, 6) is -3.06. The van der Waals surface area contributed by atoms with Gasteiger partial charge in [0.2, 0.25) is 0 Å². The summed E-state index contributed by atoms with van der Waals surface area (Å²) in [6.45, 7) is 0.175. The van der Waals surface area contributed by atoms with Crippen LogP contribution in [-0.4, -0.2) is 30.4 Å². The molecule has 0 amide bonds. The van der Waals surface area contributed by atoms with Crippen molar-refractivity contribution in [3.63, 3.8) is 0 Å². The minimum absolute atomic E-state index is 0.164. The number of thioether (sulfide) groups is 1. The Balaban J connectivity index is 2.54. The molecule has 0 aromatic heterocycles. The Labute approximate surface area is 104 Å². The molecule has 1 atom stereocenters. The van der Waals surface area contributed by atoms with Crippen LogP contribution in [0.5, 0.6) is 0 Å². The highest BCUT2D eigenvalue weighted by Gasteiger charge is 2.27. The number of benzene rings is 1. The van der Waals surface area contributed by atoms with Gasteiger partial charge in [-0.25, -0.2) is 8.78 Å². The molecule has 0 radical (unpaired) electrons. The molecular weight excluding hydrogens is 244 g/mol. The van der Waals surface area contributed by atoms with E-state index in [2.05, 4.69) is 5.32 Å². The molecule has 1 rings (SSSR count). The summed E-state index contributed by atoms with van der Waals surface area (Å²) in [5.41, 5.74) is 0.955. The van der Waals surface area contributed by atoms with Gasteiger partial charge >= 0.3 is 0 Å². The van der Waals surface area contributed by atoms with E-state index in [-0.39, 0.29) is 6.04 Å². The minimum Gasteiger partial charge on any atom is -0.390 e. The lowest BCUT2D eigenvalue weighted by Gasteiger charge is -2.19. The lowest BCUT2D eigenvalue weighted by molar-refractivity contribution is -0.0490. The number of alkyl halides is 2. The van der Waals surface area contributed by atoms with Crippen LogP contribution < -0.4 is 5.32 Å². The summed E-state index contributed by atoms with van der Waals surface area (Å²) in [6, 6.07) is 7.59. The average molecular weight is 261 g/mol. The van der Waals surface area contributed by atoms with Crippen LogP contribution in [0.15, 0.2) is 29.2 Å². The molecule has 0 fully saturated rings. The second kappa shape index (κ2) is 6.33. The first kappa shape index (κ1) is 14.4. The van der Waals surface area contributed by atoms with Crippen LogP contribution in [0.3, 0.4) is 0 Å². The second-order valence-electron chi connectivity index (χ2n) is 3.89. The predicted molar refractivity (Wildman–Crippen MR) is 66.7 cm³/mol. The normalized spacial score (nSPS) is 13.7. The first-order chi connectivity index (χ1) is 7.98. The monoisotopic (exact) mass is 261 g/mol. The standard InChI is InChI=1S/C12H17F2NOS/c1-9(15-7-12(13,14)8-16)10-3-5-11(17-2)6-4-10/h3-6,9,15-16H,7-8H2,1-2H3. The zero-order chi connectivity index (χ0) is 12.9. The van der Waals surface area contributed by atoms with Crippen LogP contribution in [0.1, 0.15) is 18.5 Å². The molecule has 0 aliphatic carbocycles. The fourth-order valence-electron chi connectivity index (χ4n) is 1.37. The molecule has 0 aliphatic rings. The molecule has 0 heterocycles. The van der Waals surface area contributed by atoms with Crippen molar-refractivity contribution in [3.8, 4) is 0 Å². The number of aliphatic hydroxyl groups excluding tert-OH is 1. The largest absolute Gasteiger partial charge is 0.390 e. The van der Waals surface area contributed by atoms with Crippen LogP contribution in [0.25, 0.3) is 0 Å². The average Bonchev–Trinajstić information content (AvgIpc) is 2.36. The van der Waals surface area contributed by atoms with Crippen LogP contribution in [0, 0.1) is 0 Å². The minimum atomic E-state index is -3.06. The van der Waals surface area contributed by atoms with E-state index in [9.17, 15) is 8.78 Å². The Kier molecular flexibility index (Phi) is 5.36. The Morgan fingerprint density at radius 2 is 1.94 bits per heavy atom. The van der Waals surface area contributed by atoms with E-state index in [0.29, 0.717) is 0 Å². The molecule has 0 saturated heterocycles. The van der Waals surface area contributed by atoms with Gasteiger partial charge < -0.3 is 10.4 Å². The fourth-order valence-corrected chi connectivity index (χ4v) is 1.78. The first-order valence-electron chi connectivity index (χ1n) is 5.34. The molecular formula is C12H17F2NOS. The van der Waals surface area contributed by atoms with Crippen molar-refractivity contribution >= 4 is 11.8 Å². The maximum atomic E-state index is 12.8. The quantitative estimate of drug-likeness (QED) is 0.772. The Morgan fingerprint density at radius 3 is 2.41 bits per heavy atom. The second-order valence-corrected chi connectivity index (χ2v) is 4.77. The SMILES string of the molecule is CSc1ccc(C(C)NCC(F)(F)CO)cc1. The zero-order valence-corrected chi connectivity index (χ0v) is 10.7. The molecule has 96 valence electrons. The third kappa shape index (κ3) is 4.61. The van der Waals surface area contributed by atoms with E-state index in [0.717, 1.165) is 10.5 Å². The van der Waals surface area contributed by atoms with E-state index in [1.54, 1.807) is 11.8 Å².